The Morgan fingerprint density at radius 3 is 2.12 bits per heavy atom. The summed E-state index contributed by atoms with van der Waals surface area (Å²) in [6, 6.07) is 11.4. The fourth-order valence-electron chi connectivity index (χ4n) is 4.15. The fourth-order valence-corrected chi connectivity index (χ4v) is 5.64. The average molecular weight is 582 g/mol. The van der Waals surface area contributed by atoms with Crippen molar-refractivity contribution in [2.45, 2.75) is 39.8 Å². The number of carbonyl (C=O) groups excluding carboxylic acids is 1. The van der Waals surface area contributed by atoms with E-state index in [-0.39, 0.29) is 24.8 Å². The first kappa shape index (κ1) is 31.4. The van der Waals surface area contributed by atoms with E-state index in [1.807, 2.05) is 44.3 Å². The van der Waals surface area contributed by atoms with Crippen molar-refractivity contribution in [3.05, 3.63) is 59.2 Å². The number of carbonyl (C=O) groups is 2. The van der Waals surface area contributed by atoms with E-state index in [1.54, 1.807) is 32.0 Å². The third-order valence-corrected chi connectivity index (χ3v) is 7.99. The molecule has 1 amide bonds. The molecule has 1 saturated heterocycles. The largest absolute Gasteiger partial charge is 0.490 e. The van der Waals surface area contributed by atoms with Crippen molar-refractivity contribution in [2.24, 2.45) is 5.92 Å². The number of anilines is 1. The van der Waals surface area contributed by atoms with Gasteiger partial charge in [0.15, 0.2) is 6.19 Å². The van der Waals surface area contributed by atoms with E-state index in [1.165, 1.54) is 11.4 Å². The highest BCUT2D eigenvalue weighted by atomic mass is 32.2. The SMILES string of the molecule is CC(C)Oc1ccc(C#Cc2ccc(N3CCN(S(=O)(=O)N[C@@H](C(=O)O)C(C)C)CC3)cc2)cc1C(=O)N(C)C#N. The zero-order valence-corrected chi connectivity index (χ0v) is 24.6. The third kappa shape index (κ3) is 8.21. The maximum atomic E-state index is 12.7. The second-order valence-electron chi connectivity index (χ2n) is 10.2. The van der Waals surface area contributed by atoms with Gasteiger partial charge < -0.3 is 14.7 Å². The van der Waals surface area contributed by atoms with Crippen molar-refractivity contribution in [1.29, 1.82) is 5.26 Å². The summed E-state index contributed by atoms with van der Waals surface area (Å²) >= 11 is 0. The van der Waals surface area contributed by atoms with Crippen molar-refractivity contribution in [3.63, 3.8) is 0 Å². The minimum absolute atomic E-state index is 0.150. The molecule has 2 aromatic carbocycles. The van der Waals surface area contributed by atoms with Crippen LogP contribution in [0, 0.1) is 29.2 Å². The summed E-state index contributed by atoms with van der Waals surface area (Å²) in [5.74, 6) is 4.43. The van der Waals surface area contributed by atoms with Crippen LogP contribution >= 0.6 is 0 Å². The molecule has 2 aromatic rings. The number of rotatable bonds is 9. The summed E-state index contributed by atoms with van der Waals surface area (Å²) in [5, 5.41) is 18.5. The van der Waals surface area contributed by atoms with Gasteiger partial charge in [0.05, 0.1) is 11.7 Å². The molecule has 11 nitrogen and oxygen atoms in total. The van der Waals surface area contributed by atoms with E-state index in [9.17, 15) is 23.1 Å². The van der Waals surface area contributed by atoms with Gasteiger partial charge in [-0.15, -0.1) is 0 Å². The topological polar surface area (TPSA) is 143 Å². The van der Waals surface area contributed by atoms with Crippen molar-refractivity contribution in [2.75, 3.05) is 38.1 Å². The summed E-state index contributed by atoms with van der Waals surface area (Å²) in [6.07, 6.45) is 1.66. The number of carboxylic acid groups (broad SMARTS) is 1. The zero-order valence-electron chi connectivity index (χ0n) is 23.8. The summed E-state index contributed by atoms with van der Waals surface area (Å²) in [5.41, 5.74) is 2.50. The van der Waals surface area contributed by atoms with Crippen LogP contribution in [0.4, 0.5) is 5.69 Å². The predicted octanol–water partition coefficient (Wildman–Crippen LogP) is 2.49. The van der Waals surface area contributed by atoms with Crippen molar-refractivity contribution >= 4 is 27.8 Å². The summed E-state index contributed by atoms with van der Waals surface area (Å²) in [4.78, 5) is 27.1. The molecule has 1 atom stereocenters. The first-order valence-electron chi connectivity index (χ1n) is 13.2. The number of benzene rings is 2. The second-order valence-corrected chi connectivity index (χ2v) is 11.9. The molecule has 0 bridgehead atoms. The number of carboxylic acids is 1. The Labute approximate surface area is 241 Å². The van der Waals surface area contributed by atoms with Gasteiger partial charge in [-0.25, -0.2) is 4.90 Å². The first-order chi connectivity index (χ1) is 19.3. The van der Waals surface area contributed by atoms with E-state index in [0.29, 0.717) is 24.4 Å². The summed E-state index contributed by atoms with van der Waals surface area (Å²) < 4.78 is 34.8. The standard InChI is InChI=1S/C29H35N5O6S/c1-20(2)27(29(36)37)31-41(38,39)34-16-14-33(15-17-34)24-11-8-22(9-12-24)6-7-23-10-13-26(40-21(3)4)25(18-23)28(35)32(5)19-30/h8-13,18,20-21,27,31H,14-17H2,1-5H3,(H,36,37)/t27-/m1/s1. The molecule has 1 aliphatic heterocycles. The van der Waals surface area contributed by atoms with Gasteiger partial charge >= 0.3 is 5.97 Å². The molecular weight excluding hydrogens is 546 g/mol. The van der Waals surface area contributed by atoms with Gasteiger partial charge in [0.25, 0.3) is 16.1 Å². The Morgan fingerprint density at radius 2 is 1.59 bits per heavy atom. The maximum absolute atomic E-state index is 12.7. The number of nitrogens with zero attached hydrogens (tertiary/aromatic N) is 4. The van der Waals surface area contributed by atoms with Crippen LogP contribution in [0.15, 0.2) is 42.5 Å². The van der Waals surface area contributed by atoms with Crippen molar-refractivity contribution < 1.29 is 27.9 Å². The van der Waals surface area contributed by atoms with Crippen molar-refractivity contribution in [3.8, 4) is 23.8 Å². The van der Waals surface area contributed by atoms with Crippen LogP contribution in [0.2, 0.25) is 0 Å². The van der Waals surface area contributed by atoms with Gasteiger partial charge in [0.2, 0.25) is 0 Å². The predicted molar refractivity (Wildman–Crippen MR) is 154 cm³/mol. The Morgan fingerprint density at radius 1 is 1.00 bits per heavy atom. The lowest BCUT2D eigenvalue weighted by Gasteiger charge is -2.36. The Balaban J connectivity index is 1.68. The lowest BCUT2D eigenvalue weighted by atomic mass is 10.1. The van der Waals surface area contributed by atoms with Gasteiger partial charge in [0, 0.05) is 50.0 Å². The smallest absolute Gasteiger partial charge is 0.322 e. The first-order valence-corrected chi connectivity index (χ1v) is 14.6. The van der Waals surface area contributed by atoms with E-state index >= 15 is 0 Å². The van der Waals surface area contributed by atoms with E-state index < -0.39 is 34.0 Å². The molecule has 2 N–H and O–H groups in total. The number of ether oxygens (including phenoxy) is 1. The molecule has 0 aliphatic carbocycles. The number of amides is 1. The monoisotopic (exact) mass is 581 g/mol. The highest BCUT2D eigenvalue weighted by Gasteiger charge is 2.33. The minimum atomic E-state index is -3.93. The molecule has 0 radical (unpaired) electrons. The number of hydrogen-bond donors (Lipinski definition) is 2. The molecule has 1 aliphatic rings. The molecule has 0 unspecified atom stereocenters. The van der Waals surface area contributed by atoms with Crippen molar-refractivity contribution in [1.82, 2.24) is 13.9 Å². The third-order valence-electron chi connectivity index (χ3n) is 6.40. The fraction of sp³-hybridized carbons (Fsp3) is 0.414. The average Bonchev–Trinajstić information content (AvgIpc) is 2.94. The van der Waals surface area contributed by atoms with Gasteiger partial charge in [-0.3, -0.25) is 9.59 Å². The van der Waals surface area contributed by atoms with E-state index in [0.717, 1.165) is 16.2 Å². The van der Waals surface area contributed by atoms with Crippen LogP contribution in [-0.4, -0.2) is 80.0 Å². The number of piperazine rings is 1. The number of aliphatic carboxylic acids is 1. The van der Waals surface area contributed by atoms with Crippen LogP contribution in [0.3, 0.4) is 0 Å². The number of nitriles is 1. The second kappa shape index (κ2) is 13.5. The lowest BCUT2D eigenvalue weighted by Crippen LogP contribution is -2.55. The van der Waals surface area contributed by atoms with E-state index in [4.69, 9.17) is 10.00 Å². The van der Waals surface area contributed by atoms with Crippen LogP contribution < -0.4 is 14.4 Å². The van der Waals surface area contributed by atoms with Crippen LogP contribution in [-0.2, 0) is 15.0 Å². The molecule has 1 fully saturated rings. The summed E-state index contributed by atoms with van der Waals surface area (Å²) in [6.45, 7) is 8.35. The molecule has 41 heavy (non-hydrogen) atoms. The molecular formula is C29H35N5O6S. The molecule has 218 valence electrons. The van der Waals surface area contributed by atoms with Crippen LogP contribution in [0.1, 0.15) is 49.2 Å². The number of hydrogen-bond acceptors (Lipinski definition) is 7. The molecule has 1 heterocycles. The number of nitrogens with one attached hydrogen (secondary N) is 1. The van der Waals surface area contributed by atoms with Gasteiger partial charge in [-0.05, 0) is 62.2 Å². The quantitative estimate of drug-likeness (QED) is 0.261. The highest BCUT2D eigenvalue weighted by Crippen LogP contribution is 2.23. The molecule has 0 aromatic heterocycles. The Kier molecular flexibility index (Phi) is 10.4. The molecule has 0 spiro atoms. The normalized spacial score (nSPS) is 14.6. The Hall–Kier alpha value is -4.10. The van der Waals surface area contributed by atoms with Gasteiger partial charge in [0.1, 0.15) is 11.8 Å². The van der Waals surface area contributed by atoms with E-state index in [2.05, 4.69) is 21.5 Å². The Bertz CT molecular complexity index is 1460. The van der Waals surface area contributed by atoms with Crippen LogP contribution in [0.25, 0.3) is 0 Å². The minimum Gasteiger partial charge on any atom is -0.490 e. The molecule has 12 heteroatoms. The zero-order chi connectivity index (χ0) is 30.3. The summed E-state index contributed by atoms with van der Waals surface area (Å²) in [7, 11) is -2.54. The maximum Gasteiger partial charge on any atom is 0.322 e. The molecule has 0 saturated carbocycles. The molecule has 3 rings (SSSR count). The van der Waals surface area contributed by atoms with Gasteiger partial charge in [-0.2, -0.15) is 22.7 Å². The lowest BCUT2D eigenvalue weighted by molar-refractivity contribution is -0.140. The van der Waals surface area contributed by atoms with Crippen LogP contribution in [0.5, 0.6) is 5.75 Å². The highest BCUT2D eigenvalue weighted by molar-refractivity contribution is 7.87. The van der Waals surface area contributed by atoms with Gasteiger partial charge in [-0.1, -0.05) is 25.7 Å².